The van der Waals surface area contributed by atoms with Crippen LogP contribution in [-0.4, -0.2) is 41.1 Å². The van der Waals surface area contributed by atoms with Gasteiger partial charge in [-0.15, -0.1) is 0 Å². The summed E-state index contributed by atoms with van der Waals surface area (Å²) in [5.74, 6) is 0.832. The van der Waals surface area contributed by atoms with E-state index in [1.165, 1.54) is 26.4 Å². The number of benzene rings is 2. The minimum absolute atomic E-state index is 0.0795. The number of aryl methyl sites for hydroxylation is 1. The number of carbonyl (C=O) groups excluding carboxylic acids is 1. The molecule has 0 fully saturated rings. The van der Waals surface area contributed by atoms with E-state index >= 15 is 0 Å². The molecule has 0 bridgehead atoms. The number of hydrogen-bond donors (Lipinski definition) is 1. The molecule has 0 atom stereocenters. The highest BCUT2D eigenvalue weighted by molar-refractivity contribution is 7.92. The monoisotopic (exact) mass is 462 g/mol. The van der Waals surface area contributed by atoms with Crippen LogP contribution in [0.4, 0.5) is 5.69 Å². The van der Waals surface area contributed by atoms with Crippen LogP contribution in [0.3, 0.4) is 0 Å². The van der Waals surface area contributed by atoms with Crippen molar-refractivity contribution in [2.24, 2.45) is 11.8 Å². The molecule has 0 radical (unpaired) electrons. The fraction of sp³-hybridized carbons (Fsp3) is 0.458. The van der Waals surface area contributed by atoms with Crippen LogP contribution in [0.25, 0.3) is 0 Å². The van der Waals surface area contributed by atoms with E-state index < -0.39 is 10.0 Å². The van der Waals surface area contributed by atoms with Gasteiger partial charge < -0.3 is 14.8 Å². The maximum absolute atomic E-state index is 13.6. The van der Waals surface area contributed by atoms with Crippen LogP contribution in [0.5, 0.6) is 11.5 Å². The molecule has 0 saturated heterocycles. The van der Waals surface area contributed by atoms with Crippen molar-refractivity contribution in [3.63, 3.8) is 0 Å². The second kappa shape index (κ2) is 10.7. The summed E-state index contributed by atoms with van der Waals surface area (Å²) in [6.45, 7) is 9.61. The van der Waals surface area contributed by atoms with Crippen molar-refractivity contribution in [3.05, 3.63) is 48.0 Å². The zero-order valence-electron chi connectivity index (χ0n) is 19.9. The zero-order valence-corrected chi connectivity index (χ0v) is 20.7. The molecule has 0 aromatic heterocycles. The van der Waals surface area contributed by atoms with E-state index in [1.54, 1.807) is 30.3 Å². The Morgan fingerprint density at radius 1 is 0.969 bits per heavy atom. The fourth-order valence-corrected chi connectivity index (χ4v) is 5.02. The van der Waals surface area contributed by atoms with Gasteiger partial charge in [-0.3, -0.25) is 9.10 Å². The maximum Gasteiger partial charge on any atom is 0.264 e. The molecule has 176 valence electrons. The van der Waals surface area contributed by atoms with E-state index in [4.69, 9.17) is 9.47 Å². The quantitative estimate of drug-likeness (QED) is 0.577. The van der Waals surface area contributed by atoms with Crippen molar-refractivity contribution in [1.82, 2.24) is 5.32 Å². The van der Waals surface area contributed by atoms with Gasteiger partial charge in [-0.25, -0.2) is 8.42 Å². The van der Waals surface area contributed by atoms with Crippen LogP contribution in [0.2, 0.25) is 0 Å². The molecule has 1 amide bonds. The number of rotatable bonds is 10. The van der Waals surface area contributed by atoms with Gasteiger partial charge in [0.25, 0.3) is 10.0 Å². The molecule has 2 rings (SSSR count). The summed E-state index contributed by atoms with van der Waals surface area (Å²) in [5, 5.41) is 3.00. The number of nitrogens with one attached hydrogen (secondary N) is 1. The number of sulfonamides is 1. The first kappa shape index (κ1) is 25.5. The Morgan fingerprint density at radius 3 is 2.06 bits per heavy atom. The van der Waals surface area contributed by atoms with E-state index in [-0.39, 0.29) is 46.7 Å². The number of methoxy groups -OCH3 is 2. The van der Waals surface area contributed by atoms with Gasteiger partial charge in [0.2, 0.25) is 5.91 Å². The molecule has 0 aliphatic carbocycles. The molecule has 1 N–H and O–H groups in total. The van der Waals surface area contributed by atoms with Crippen molar-refractivity contribution in [2.45, 2.75) is 45.6 Å². The predicted molar refractivity (Wildman–Crippen MR) is 127 cm³/mol. The Morgan fingerprint density at radius 2 is 1.56 bits per heavy atom. The van der Waals surface area contributed by atoms with Gasteiger partial charge in [-0.05, 0) is 43.0 Å². The lowest BCUT2D eigenvalue weighted by Gasteiger charge is -2.29. The Balaban J connectivity index is 2.53. The first-order chi connectivity index (χ1) is 15.0. The number of amides is 1. The van der Waals surface area contributed by atoms with Crippen molar-refractivity contribution >= 4 is 21.6 Å². The van der Waals surface area contributed by atoms with E-state index in [9.17, 15) is 13.2 Å². The second-order valence-electron chi connectivity index (χ2n) is 8.44. The van der Waals surface area contributed by atoms with Crippen molar-refractivity contribution in [3.8, 4) is 11.5 Å². The number of hydrogen-bond acceptors (Lipinski definition) is 5. The average Bonchev–Trinajstić information content (AvgIpc) is 2.75. The van der Waals surface area contributed by atoms with Crippen LogP contribution in [0, 0.1) is 18.8 Å². The van der Waals surface area contributed by atoms with Gasteiger partial charge in [0, 0.05) is 12.1 Å². The highest BCUT2D eigenvalue weighted by atomic mass is 32.2. The number of anilines is 1. The fourth-order valence-electron chi connectivity index (χ4n) is 3.59. The van der Waals surface area contributed by atoms with Gasteiger partial charge in [0.15, 0.2) is 0 Å². The first-order valence-electron chi connectivity index (χ1n) is 10.6. The Bertz CT molecular complexity index is 1010. The largest absolute Gasteiger partial charge is 0.497 e. The van der Waals surface area contributed by atoms with Crippen LogP contribution >= 0.6 is 0 Å². The molecular weight excluding hydrogens is 428 g/mol. The smallest absolute Gasteiger partial charge is 0.264 e. The predicted octanol–water partition coefficient (Wildman–Crippen LogP) is 4.00. The Labute approximate surface area is 191 Å². The lowest BCUT2D eigenvalue weighted by Crippen LogP contribution is -2.48. The molecular formula is C24H34N2O5S. The normalized spacial score (nSPS) is 11.7. The number of carbonyl (C=O) groups is 1. The highest BCUT2D eigenvalue weighted by Gasteiger charge is 2.31. The van der Waals surface area contributed by atoms with Crippen LogP contribution in [-0.2, 0) is 14.8 Å². The van der Waals surface area contributed by atoms with E-state index in [0.29, 0.717) is 5.75 Å². The van der Waals surface area contributed by atoms with Crippen molar-refractivity contribution in [2.75, 3.05) is 25.1 Å². The van der Waals surface area contributed by atoms with Gasteiger partial charge in [0.05, 0.1) is 24.8 Å². The number of ether oxygens (including phenoxy) is 2. The summed E-state index contributed by atoms with van der Waals surface area (Å²) >= 11 is 0. The third-order valence-electron chi connectivity index (χ3n) is 5.32. The van der Waals surface area contributed by atoms with Crippen LogP contribution in [0.1, 0.15) is 33.3 Å². The summed E-state index contributed by atoms with van der Waals surface area (Å²) in [4.78, 5) is 13.1. The summed E-state index contributed by atoms with van der Waals surface area (Å²) in [7, 11) is -1.08. The van der Waals surface area contributed by atoms with E-state index in [2.05, 4.69) is 5.32 Å². The second-order valence-corrected chi connectivity index (χ2v) is 10.3. The summed E-state index contributed by atoms with van der Waals surface area (Å²) < 4.78 is 39.0. The molecule has 0 aliphatic heterocycles. The third kappa shape index (κ3) is 5.94. The van der Waals surface area contributed by atoms with Crippen LogP contribution in [0.15, 0.2) is 47.4 Å². The Kier molecular flexibility index (Phi) is 8.55. The van der Waals surface area contributed by atoms with Crippen molar-refractivity contribution in [1.29, 1.82) is 0 Å². The molecule has 2 aromatic rings. The zero-order chi connectivity index (χ0) is 24.1. The number of nitrogens with zero attached hydrogens (tertiary/aromatic N) is 1. The topological polar surface area (TPSA) is 84.9 Å². The molecule has 0 aliphatic rings. The van der Waals surface area contributed by atoms with Crippen LogP contribution < -0.4 is 19.1 Å². The average molecular weight is 463 g/mol. The van der Waals surface area contributed by atoms with E-state index in [1.807, 2.05) is 34.6 Å². The van der Waals surface area contributed by atoms with Crippen molar-refractivity contribution < 1.29 is 22.7 Å². The molecule has 0 spiro atoms. The van der Waals surface area contributed by atoms with Gasteiger partial charge >= 0.3 is 0 Å². The molecule has 2 aromatic carbocycles. The molecule has 0 heterocycles. The van der Waals surface area contributed by atoms with E-state index in [0.717, 1.165) is 9.87 Å². The molecule has 0 saturated carbocycles. The minimum Gasteiger partial charge on any atom is -0.497 e. The third-order valence-corrected chi connectivity index (χ3v) is 7.09. The molecule has 8 heteroatoms. The lowest BCUT2D eigenvalue weighted by molar-refractivity contribution is -0.121. The van der Waals surface area contributed by atoms with Gasteiger partial charge in [-0.1, -0.05) is 45.4 Å². The molecule has 0 unspecified atom stereocenters. The van der Waals surface area contributed by atoms with Gasteiger partial charge in [0.1, 0.15) is 18.0 Å². The standard InChI is InChI=1S/C24H34N2O5S/c1-16(2)24(17(3)4)25-23(27)15-26(21-13-10-19(30-6)14-22(21)31-7)32(28,29)20-11-8-18(5)9-12-20/h8-14,16-17,24H,15H2,1-7H3,(H,25,27). The lowest BCUT2D eigenvalue weighted by atomic mass is 9.93. The summed E-state index contributed by atoms with van der Waals surface area (Å²) in [5.41, 5.74) is 1.20. The first-order valence-corrected chi connectivity index (χ1v) is 12.1. The highest BCUT2D eigenvalue weighted by Crippen LogP contribution is 2.35. The minimum atomic E-state index is -4.04. The summed E-state index contributed by atoms with van der Waals surface area (Å²) in [6.07, 6.45) is 0. The maximum atomic E-state index is 13.6. The Hall–Kier alpha value is -2.74. The molecule has 32 heavy (non-hydrogen) atoms. The van der Waals surface area contributed by atoms with Gasteiger partial charge in [-0.2, -0.15) is 0 Å². The SMILES string of the molecule is COc1ccc(N(CC(=O)NC(C(C)C)C(C)C)S(=O)(=O)c2ccc(C)cc2)c(OC)c1. The summed E-state index contributed by atoms with van der Waals surface area (Å²) in [6, 6.07) is 11.3. The molecule has 7 nitrogen and oxygen atoms in total.